The molecule has 1 amide bonds. The van der Waals surface area contributed by atoms with Crippen LogP contribution < -0.4 is 5.43 Å². The van der Waals surface area contributed by atoms with Gasteiger partial charge < -0.3 is 5.11 Å². The molecule has 2 N–H and O–H groups in total. The maximum Gasteiger partial charge on any atom is 0.275 e. The number of hydrazone groups is 1. The fraction of sp³-hybridized carbons (Fsp3) is 0.368. The summed E-state index contributed by atoms with van der Waals surface area (Å²) < 4.78 is 0. The van der Waals surface area contributed by atoms with E-state index < -0.39 is 0 Å². The Morgan fingerprint density at radius 3 is 2.52 bits per heavy atom. The molecule has 2 aromatic carbocycles. The van der Waals surface area contributed by atoms with Gasteiger partial charge in [-0.3, -0.25) is 4.79 Å². The Morgan fingerprint density at radius 1 is 1.22 bits per heavy atom. The minimum absolute atomic E-state index is 0.0175. The molecule has 0 spiro atoms. The number of hydrogen-bond acceptors (Lipinski definition) is 3. The molecule has 0 bridgehead atoms. The zero-order valence-corrected chi connectivity index (χ0v) is 13.4. The van der Waals surface area contributed by atoms with Crippen molar-refractivity contribution in [1.29, 1.82) is 0 Å². The summed E-state index contributed by atoms with van der Waals surface area (Å²) in [6.07, 6.45) is 5.40. The van der Waals surface area contributed by atoms with E-state index in [0.29, 0.717) is 0 Å². The molecular formula is C19H22N2O2. The smallest absolute Gasteiger partial charge is 0.275 e. The molecule has 0 heterocycles. The lowest BCUT2D eigenvalue weighted by atomic mass is 9.86. The molecule has 0 saturated heterocycles. The highest BCUT2D eigenvalue weighted by atomic mass is 16.3. The second-order valence-corrected chi connectivity index (χ2v) is 6.19. The number of phenolic OH excluding ortho intramolecular Hbond substituents is 1. The third kappa shape index (κ3) is 3.52. The van der Waals surface area contributed by atoms with E-state index >= 15 is 0 Å². The van der Waals surface area contributed by atoms with Gasteiger partial charge in [-0.25, -0.2) is 5.43 Å². The van der Waals surface area contributed by atoms with Crippen LogP contribution >= 0.6 is 0 Å². The molecule has 3 rings (SSSR count). The number of carbonyl (C=O) groups excluding carboxylic acids is 1. The summed E-state index contributed by atoms with van der Waals surface area (Å²) in [7, 11) is 0. The molecule has 1 fully saturated rings. The van der Waals surface area contributed by atoms with Gasteiger partial charge in [0.05, 0.1) is 5.56 Å². The number of benzene rings is 2. The predicted octanol–water partition coefficient (Wildman–Crippen LogP) is 4.23. The Kier molecular flexibility index (Phi) is 4.60. The fourth-order valence-corrected chi connectivity index (χ4v) is 3.13. The fourth-order valence-electron chi connectivity index (χ4n) is 3.13. The first kappa shape index (κ1) is 15.5. The van der Waals surface area contributed by atoms with Crippen LogP contribution in [0, 0.1) is 5.92 Å². The SMILES string of the molecule is CCC1CCC(=NNC(=O)c2cc3ccccc3cc2O)CC1. The number of nitrogens with zero attached hydrogens (tertiary/aromatic N) is 1. The first-order chi connectivity index (χ1) is 11.2. The van der Waals surface area contributed by atoms with Gasteiger partial charge in [-0.05, 0) is 54.5 Å². The van der Waals surface area contributed by atoms with Crippen LogP contribution in [0.5, 0.6) is 5.75 Å². The second kappa shape index (κ2) is 6.82. The maximum atomic E-state index is 12.3. The highest BCUT2D eigenvalue weighted by molar-refractivity contribution is 6.02. The van der Waals surface area contributed by atoms with Gasteiger partial charge in [0, 0.05) is 5.71 Å². The van der Waals surface area contributed by atoms with E-state index in [4.69, 9.17) is 0 Å². The van der Waals surface area contributed by atoms with Crippen molar-refractivity contribution in [2.24, 2.45) is 11.0 Å². The number of hydrogen-bond donors (Lipinski definition) is 2. The highest BCUT2D eigenvalue weighted by Crippen LogP contribution is 2.26. The Hall–Kier alpha value is -2.36. The van der Waals surface area contributed by atoms with Gasteiger partial charge in [-0.2, -0.15) is 5.10 Å². The molecule has 1 aliphatic rings. The highest BCUT2D eigenvalue weighted by Gasteiger charge is 2.17. The Labute approximate surface area is 136 Å². The van der Waals surface area contributed by atoms with Gasteiger partial charge in [0.2, 0.25) is 0 Å². The standard InChI is InChI=1S/C19H22N2O2/c1-2-13-7-9-16(10-8-13)20-21-19(23)17-11-14-5-3-4-6-15(14)12-18(17)22/h3-6,11-13,22H,2,7-10H2,1H3,(H,21,23). The third-order valence-electron chi connectivity index (χ3n) is 4.68. The monoisotopic (exact) mass is 310 g/mol. The van der Waals surface area contributed by atoms with Crippen LogP contribution in [0.25, 0.3) is 10.8 Å². The van der Waals surface area contributed by atoms with Crippen LogP contribution in [0.1, 0.15) is 49.4 Å². The molecule has 4 nitrogen and oxygen atoms in total. The Bertz CT molecular complexity index is 742. The molecule has 0 unspecified atom stereocenters. The van der Waals surface area contributed by atoms with Crippen molar-refractivity contribution in [2.45, 2.75) is 39.0 Å². The summed E-state index contributed by atoms with van der Waals surface area (Å²) in [6, 6.07) is 11.0. The van der Waals surface area contributed by atoms with Crippen LogP contribution in [0.2, 0.25) is 0 Å². The number of amides is 1. The average molecular weight is 310 g/mol. The van der Waals surface area contributed by atoms with Crippen molar-refractivity contribution in [3.63, 3.8) is 0 Å². The number of fused-ring (bicyclic) bond motifs is 1. The molecule has 0 aromatic heterocycles. The molecule has 23 heavy (non-hydrogen) atoms. The molecular weight excluding hydrogens is 288 g/mol. The number of phenols is 1. The molecule has 4 heteroatoms. The van der Waals surface area contributed by atoms with Crippen LogP contribution in [0.4, 0.5) is 0 Å². The Balaban J connectivity index is 1.72. The molecule has 1 saturated carbocycles. The van der Waals surface area contributed by atoms with E-state index in [2.05, 4.69) is 17.5 Å². The first-order valence-electron chi connectivity index (χ1n) is 8.25. The quantitative estimate of drug-likeness (QED) is 0.833. The van der Waals surface area contributed by atoms with Crippen LogP contribution in [0.3, 0.4) is 0 Å². The van der Waals surface area contributed by atoms with Crippen molar-refractivity contribution in [3.05, 3.63) is 42.0 Å². The van der Waals surface area contributed by atoms with Crippen molar-refractivity contribution in [1.82, 2.24) is 5.43 Å². The van der Waals surface area contributed by atoms with Crippen LogP contribution in [-0.4, -0.2) is 16.7 Å². The van der Waals surface area contributed by atoms with E-state index in [-0.39, 0.29) is 17.2 Å². The van der Waals surface area contributed by atoms with Crippen molar-refractivity contribution in [2.75, 3.05) is 0 Å². The summed E-state index contributed by atoms with van der Waals surface area (Å²) in [5.74, 6) is 0.406. The summed E-state index contributed by atoms with van der Waals surface area (Å²) in [4.78, 5) is 12.3. The number of aromatic hydroxyl groups is 1. The zero-order valence-electron chi connectivity index (χ0n) is 13.4. The third-order valence-corrected chi connectivity index (χ3v) is 4.68. The molecule has 0 atom stereocenters. The van der Waals surface area contributed by atoms with Gasteiger partial charge >= 0.3 is 0 Å². The normalized spacial score (nSPS) is 18.0. The summed E-state index contributed by atoms with van der Waals surface area (Å²) in [5, 5.41) is 16.2. The zero-order chi connectivity index (χ0) is 16.2. The number of nitrogens with one attached hydrogen (secondary N) is 1. The van der Waals surface area contributed by atoms with Gasteiger partial charge in [0.15, 0.2) is 0 Å². The van der Waals surface area contributed by atoms with Gasteiger partial charge in [0.1, 0.15) is 5.75 Å². The van der Waals surface area contributed by atoms with Gasteiger partial charge in [0.25, 0.3) is 5.91 Å². The summed E-state index contributed by atoms with van der Waals surface area (Å²) >= 11 is 0. The van der Waals surface area contributed by atoms with E-state index in [1.165, 1.54) is 6.42 Å². The summed E-state index contributed by atoms with van der Waals surface area (Å²) in [6.45, 7) is 2.22. The van der Waals surface area contributed by atoms with E-state index in [0.717, 1.165) is 48.1 Å². The van der Waals surface area contributed by atoms with Crippen LogP contribution in [0.15, 0.2) is 41.5 Å². The maximum absolute atomic E-state index is 12.3. The number of rotatable bonds is 3. The molecule has 1 aliphatic carbocycles. The molecule has 0 aliphatic heterocycles. The van der Waals surface area contributed by atoms with Crippen molar-refractivity contribution >= 4 is 22.4 Å². The minimum atomic E-state index is -0.363. The molecule has 120 valence electrons. The summed E-state index contributed by atoms with van der Waals surface area (Å²) in [5.41, 5.74) is 3.90. The van der Waals surface area contributed by atoms with Crippen molar-refractivity contribution in [3.8, 4) is 5.75 Å². The lowest BCUT2D eigenvalue weighted by molar-refractivity contribution is 0.0952. The van der Waals surface area contributed by atoms with Crippen LogP contribution in [-0.2, 0) is 0 Å². The number of carbonyl (C=O) groups is 1. The second-order valence-electron chi connectivity index (χ2n) is 6.19. The Morgan fingerprint density at radius 2 is 1.87 bits per heavy atom. The topological polar surface area (TPSA) is 61.7 Å². The largest absolute Gasteiger partial charge is 0.507 e. The minimum Gasteiger partial charge on any atom is -0.507 e. The van der Waals surface area contributed by atoms with Crippen molar-refractivity contribution < 1.29 is 9.90 Å². The van der Waals surface area contributed by atoms with E-state index in [9.17, 15) is 9.90 Å². The van der Waals surface area contributed by atoms with Gasteiger partial charge in [-0.15, -0.1) is 0 Å². The lowest BCUT2D eigenvalue weighted by Gasteiger charge is -2.21. The molecule has 0 radical (unpaired) electrons. The molecule has 2 aromatic rings. The van der Waals surface area contributed by atoms with Gasteiger partial charge in [-0.1, -0.05) is 37.6 Å². The average Bonchev–Trinajstić information content (AvgIpc) is 2.59. The van der Waals surface area contributed by atoms with E-state index in [1.807, 2.05) is 24.3 Å². The first-order valence-corrected chi connectivity index (χ1v) is 8.25. The van der Waals surface area contributed by atoms with E-state index in [1.54, 1.807) is 12.1 Å². The lowest BCUT2D eigenvalue weighted by Crippen LogP contribution is -2.22. The predicted molar refractivity (Wildman–Crippen MR) is 92.8 cm³/mol.